The minimum atomic E-state index is -0.954. The molecule has 0 aromatic carbocycles. The van der Waals surface area contributed by atoms with Crippen LogP contribution in [0.25, 0.3) is 0 Å². The van der Waals surface area contributed by atoms with Gasteiger partial charge in [0.05, 0.1) is 25.9 Å². The standard InChI is InChI=1S/C3H8O3.C3H8O2.C3H6/c4-1-3(6)2-5;1-3(5)2-4;1-3-2/h3-6H,1-2H2;3-5H,2H2,1H3;3H,1H2,2H3. The number of hydrogen-bond acceptors (Lipinski definition) is 5. The molecule has 14 heavy (non-hydrogen) atoms. The first-order chi connectivity index (χ1) is 6.49. The van der Waals surface area contributed by atoms with Crippen LogP contribution in [-0.2, 0) is 0 Å². The lowest BCUT2D eigenvalue weighted by Crippen LogP contribution is -2.15. The van der Waals surface area contributed by atoms with Crippen LogP contribution in [0, 0.1) is 0 Å². The number of aliphatic hydroxyl groups excluding tert-OH is 5. The van der Waals surface area contributed by atoms with Crippen LogP contribution in [0.15, 0.2) is 12.7 Å². The van der Waals surface area contributed by atoms with E-state index in [1.165, 1.54) is 6.92 Å². The van der Waals surface area contributed by atoms with Crippen LogP contribution >= 0.6 is 0 Å². The zero-order valence-corrected chi connectivity index (χ0v) is 8.80. The summed E-state index contributed by atoms with van der Waals surface area (Å²) >= 11 is 0. The molecule has 0 saturated heterocycles. The van der Waals surface area contributed by atoms with Gasteiger partial charge in [0.15, 0.2) is 0 Å². The molecule has 0 aromatic rings. The molecule has 0 aliphatic carbocycles. The van der Waals surface area contributed by atoms with Crippen molar-refractivity contribution >= 4 is 0 Å². The average Bonchev–Trinajstić information content (AvgIpc) is 2.18. The van der Waals surface area contributed by atoms with Crippen molar-refractivity contribution in [3.8, 4) is 0 Å². The maximum atomic E-state index is 8.17. The van der Waals surface area contributed by atoms with Gasteiger partial charge < -0.3 is 25.5 Å². The topological polar surface area (TPSA) is 101 Å². The zero-order valence-electron chi connectivity index (χ0n) is 8.80. The van der Waals surface area contributed by atoms with E-state index in [4.69, 9.17) is 25.5 Å². The third-order valence-corrected chi connectivity index (χ3v) is 0.686. The molecule has 5 heteroatoms. The van der Waals surface area contributed by atoms with E-state index in [2.05, 4.69) is 6.58 Å². The Morgan fingerprint density at radius 1 is 1.07 bits per heavy atom. The molecule has 0 amide bonds. The summed E-state index contributed by atoms with van der Waals surface area (Å²) in [6.45, 7) is 5.91. The fourth-order valence-corrected chi connectivity index (χ4v) is 0.0577. The Bertz CT molecular complexity index is 91.2. The number of rotatable bonds is 3. The Labute approximate surface area is 85.0 Å². The lowest BCUT2D eigenvalue weighted by atomic mass is 10.4. The summed E-state index contributed by atoms with van der Waals surface area (Å²) in [5.74, 6) is 0. The molecular formula is C9H22O5. The van der Waals surface area contributed by atoms with Crippen LogP contribution in [0.4, 0.5) is 0 Å². The first-order valence-electron chi connectivity index (χ1n) is 4.25. The summed E-state index contributed by atoms with van der Waals surface area (Å²) in [7, 11) is 0. The van der Waals surface area contributed by atoms with Gasteiger partial charge in [0, 0.05) is 0 Å². The highest BCUT2D eigenvalue weighted by molar-refractivity contribution is 4.51. The molecular weight excluding hydrogens is 188 g/mol. The van der Waals surface area contributed by atoms with Crippen LogP contribution < -0.4 is 0 Å². The SMILES string of the molecule is C=CC.CC(O)CO.OCC(O)CO. The summed E-state index contributed by atoms with van der Waals surface area (Å²) in [5.41, 5.74) is 0. The quantitative estimate of drug-likeness (QED) is 0.380. The van der Waals surface area contributed by atoms with Crippen molar-refractivity contribution in [3.63, 3.8) is 0 Å². The molecule has 0 rings (SSSR count). The molecule has 0 aliphatic heterocycles. The maximum absolute atomic E-state index is 8.17. The highest BCUT2D eigenvalue weighted by Gasteiger charge is 1.93. The van der Waals surface area contributed by atoms with Crippen LogP contribution in [-0.4, -0.2) is 57.6 Å². The van der Waals surface area contributed by atoms with Crippen molar-refractivity contribution in [3.05, 3.63) is 12.7 Å². The van der Waals surface area contributed by atoms with Crippen molar-refractivity contribution in [2.24, 2.45) is 0 Å². The molecule has 1 atom stereocenters. The van der Waals surface area contributed by atoms with E-state index < -0.39 is 12.2 Å². The van der Waals surface area contributed by atoms with E-state index >= 15 is 0 Å². The second kappa shape index (κ2) is 18.3. The highest BCUT2D eigenvalue weighted by Crippen LogP contribution is 1.71. The van der Waals surface area contributed by atoms with E-state index in [0.29, 0.717) is 0 Å². The predicted molar refractivity (Wildman–Crippen MR) is 54.8 cm³/mol. The van der Waals surface area contributed by atoms with Gasteiger partial charge in [0.1, 0.15) is 6.10 Å². The summed E-state index contributed by atoms with van der Waals surface area (Å²) in [5, 5.41) is 40.0. The Morgan fingerprint density at radius 3 is 1.29 bits per heavy atom. The van der Waals surface area contributed by atoms with Crippen molar-refractivity contribution in [1.82, 2.24) is 0 Å². The molecule has 0 aliphatic rings. The van der Waals surface area contributed by atoms with Crippen LogP contribution in [0.1, 0.15) is 13.8 Å². The predicted octanol–water partition coefficient (Wildman–Crippen LogP) is -1.12. The molecule has 0 radical (unpaired) electrons. The van der Waals surface area contributed by atoms with Gasteiger partial charge >= 0.3 is 0 Å². The van der Waals surface area contributed by atoms with Gasteiger partial charge in [0.25, 0.3) is 0 Å². The van der Waals surface area contributed by atoms with Crippen LogP contribution in [0.5, 0.6) is 0 Å². The third kappa shape index (κ3) is 41.8. The van der Waals surface area contributed by atoms with E-state index in [1.807, 2.05) is 6.92 Å². The Hall–Kier alpha value is -0.460. The first-order valence-corrected chi connectivity index (χ1v) is 4.25. The van der Waals surface area contributed by atoms with Crippen molar-refractivity contribution in [2.75, 3.05) is 19.8 Å². The molecule has 5 N–H and O–H groups in total. The van der Waals surface area contributed by atoms with E-state index in [0.717, 1.165) is 0 Å². The fraction of sp³-hybridized carbons (Fsp3) is 0.778. The van der Waals surface area contributed by atoms with Gasteiger partial charge in [-0.1, -0.05) is 6.08 Å². The highest BCUT2D eigenvalue weighted by atomic mass is 16.3. The molecule has 0 spiro atoms. The van der Waals surface area contributed by atoms with E-state index in [-0.39, 0.29) is 19.8 Å². The largest absolute Gasteiger partial charge is 0.394 e. The van der Waals surface area contributed by atoms with Gasteiger partial charge in [-0.2, -0.15) is 0 Å². The summed E-state index contributed by atoms with van der Waals surface area (Å²) < 4.78 is 0. The first kappa shape index (κ1) is 19.2. The summed E-state index contributed by atoms with van der Waals surface area (Å²) in [6.07, 6.45) is 0.236. The van der Waals surface area contributed by atoms with Gasteiger partial charge in [-0.05, 0) is 13.8 Å². The number of aliphatic hydroxyl groups is 5. The van der Waals surface area contributed by atoms with Crippen LogP contribution in [0.2, 0.25) is 0 Å². The number of allylic oxidation sites excluding steroid dienone is 1. The van der Waals surface area contributed by atoms with Crippen molar-refractivity contribution in [1.29, 1.82) is 0 Å². The van der Waals surface area contributed by atoms with Crippen LogP contribution in [0.3, 0.4) is 0 Å². The minimum absolute atomic E-state index is 0.139. The lowest BCUT2D eigenvalue weighted by molar-refractivity contribution is 0.0450. The third-order valence-electron chi connectivity index (χ3n) is 0.686. The second-order valence-electron chi connectivity index (χ2n) is 2.46. The summed E-state index contributed by atoms with van der Waals surface area (Å²) in [4.78, 5) is 0. The molecule has 0 fully saturated rings. The Balaban J connectivity index is -0.000000138. The average molecular weight is 210 g/mol. The second-order valence-corrected chi connectivity index (χ2v) is 2.46. The smallest absolute Gasteiger partial charge is 0.100 e. The van der Waals surface area contributed by atoms with E-state index in [9.17, 15) is 0 Å². The van der Waals surface area contributed by atoms with Gasteiger partial charge in [-0.3, -0.25) is 0 Å². The maximum Gasteiger partial charge on any atom is 0.100 e. The molecule has 0 heterocycles. The van der Waals surface area contributed by atoms with Crippen molar-refractivity contribution < 1.29 is 25.5 Å². The van der Waals surface area contributed by atoms with Gasteiger partial charge in [-0.15, -0.1) is 6.58 Å². The Kier molecular flexibility index (Phi) is 25.1. The molecule has 88 valence electrons. The van der Waals surface area contributed by atoms with Gasteiger partial charge in [0.2, 0.25) is 0 Å². The summed E-state index contributed by atoms with van der Waals surface area (Å²) in [6, 6.07) is 0. The molecule has 0 bridgehead atoms. The minimum Gasteiger partial charge on any atom is -0.394 e. The molecule has 1 unspecified atom stereocenters. The molecule has 0 aromatic heterocycles. The van der Waals surface area contributed by atoms with Crippen molar-refractivity contribution in [2.45, 2.75) is 26.1 Å². The molecule has 5 nitrogen and oxygen atoms in total. The zero-order chi connectivity index (χ0) is 12.0. The van der Waals surface area contributed by atoms with E-state index in [1.54, 1.807) is 6.08 Å². The monoisotopic (exact) mass is 210 g/mol. The lowest BCUT2D eigenvalue weighted by Gasteiger charge is -1.96. The molecule has 0 saturated carbocycles. The Morgan fingerprint density at radius 2 is 1.29 bits per heavy atom. The van der Waals surface area contributed by atoms with Gasteiger partial charge in [-0.25, -0.2) is 0 Å². The fourth-order valence-electron chi connectivity index (χ4n) is 0.0577. The number of hydrogen-bond donors (Lipinski definition) is 5. The normalized spacial score (nSPS) is 10.6.